The van der Waals surface area contributed by atoms with Crippen molar-refractivity contribution in [3.05, 3.63) is 34.4 Å². The minimum Gasteiger partial charge on any atom is -0.487 e. The quantitative estimate of drug-likeness (QED) is 0.594. The molecule has 0 fully saturated rings. The number of hydrogen-bond acceptors (Lipinski definition) is 5. The van der Waals surface area contributed by atoms with Crippen LogP contribution in [0.2, 0.25) is 0 Å². The van der Waals surface area contributed by atoms with Crippen LogP contribution in [0, 0.1) is 21.4 Å². The van der Waals surface area contributed by atoms with Crippen molar-refractivity contribution in [2.75, 3.05) is 6.61 Å². The molecule has 16 heavy (non-hydrogen) atoms. The van der Waals surface area contributed by atoms with E-state index in [1.165, 1.54) is 12.1 Å². The molecule has 0 radical (unpaired) electrons. The average molecular weight is 221 g/mol. The largest absolute Gasteiger partial charge is 0.487 e. The van der Waals surface area contributed by atoms with Crippen LogP contribution in [-0.4, -0.2) is 17.6 Å². The Labute approximate surface area is 92.4 Å². The molecule has 0 bridgehead atoms. The highest BCUT2D eigenvalue weighted by Crippen LogP contribution is 2.25. The number of nitrogens with two attached hydrogens (primary N) is 1. The SMILES string of the molecule is N#CC(N)CCOc1ccccc1[N+](=O)[O-]. The molecule has 6 heteroatoms. The van der Waals surface area contributed by atoms with Gasteiger partial charge in [0.15, 0.2) is 5.75 Å². The second kappa shape index (κ2) is 5.68. The van der Waals surface area contributed by atoms with E-state index in [-0.39, 0.29) is 18.0 Å². The summed E-state index contributed by atoms with van der Waals surface area (Å²) >= 11 is 0. The second-order valence-corrected chi connectivity index (χ2v) is 3.10. The summed E-state index contributed by atoms with van der Waals surface area (Å²) in [5, 5.41) is 19.1. The Morgan fingerprint density at radius 2 is 2.25 bits per heavy atom. The van der Waals surface area contributed by atoms with Crippen LogP contribution >= 0.6 is 0 Å². The van der Waals surface area contributed by atoms with Crippen molar-refractivity contribution in [2.24, 2.45) is 5.73 Å². The second-order valence-electron chi connectivity index (χ2n) is 3.10. The zero-order valence-electron chi connectivity index (χ0n) is 8.50. The van der Waals surface area contributed by atoms with Gasteiger partial charge in [0.1, 0.15) is 0 Å². The van der Waals surface area contributed by atoms with Gasteiger partial charge in [-0.05, 0) is 6.07 Å². The molecule has 0 amide bonds. The summed E-state index contributed by atoms with van der Waals surface area (Å²) in [6, 6.07) is 7.32. The number of benzene rings is 1. The maximum atomic E-state index is 10.6. The molecule has 1 aromatic rings. The molecular weight excluding hydrogens is 210 g/mol. The maximum Gasteiger partial charge on any atom is 0.310 e. The zero-order valence-corrected chi connectivity index (χ0v) is 8.50. The van der Waals surface area contributed by atoms with E-state index in [9.17, 15) is 10.1 Å². The van der Waals surface area contributed by atoms with Crippen LogP contribution in [0.15, 0.2) is 24.3 Å². The minimum atomic E-state index is -0.609. The topological polar surface area (TPSA) is 102 Å². The highest BCUT2D eigenvalue weighted by molar-refractivity contribution is 5.45. The standard InChI is InChI=1S/C10H11N3O3/c11-7-8(12)5-6-16-10-4-2-1-3-9(10)13(14)15/h1-4,8H,5-6,12H2. The van der Waals surface area contributed by atoms with Gasteiger partial charge in [0, 0.05) is 12.5 Å². The smallest absolute Gasteiger partial charge is 0.310 e. The molecular formula is C10H11N3O3. The lowest BCUT2D eigenvalue weighted by Gasteiger charge is -2.06. The fourth-order valence-electron chi connectivity index (χ4n) is 1.09. The number of nitriles is 1. The van der Waals surface area contributed by atoms with Gasteiger partial charge in [-0.3, -0.25) is 10.1 Å². The van der Waals surface area contributed by atoms with Crippen LogP contribution < -0.4 is 10.5 Å². The molecule has 0 aliphatic heterocycles. The summed E-state index contributed by atoms with van der Waals surface area (Å²) < 4.78 is 5.20. The molecule has 0 saturated carbocycles. The molecule has 0 aromatic heterocycles. The molecule has 1 rings (SSSR count). The lowest BCUT2D eigenvalue weighted by molar-refractivity contribution is -0.385. The summed E-state index contributed by atoms with van der Waals surface area (Å²) in [4.78, 5) is 10.1. The third-order valence-electron chi connectivity index (χ3n) is 1.91. The van der Waals surface area contributed by atoms with Crippen molar-refractivity contribution in [1.82, 2.24) is 0 Å². The molecule has 6 nitrogen and oxygen atoms in total. The molecule has 1 atom stereocenters. The molecule has 0 aliphatic rings. The van der Waals surface area contributed by atoms with Gasteiger partial charge in [-0.15, -0.1) is 0 Å². The fraction of sp³-hybridized carbons (Fsp3) is 0.300. The highest BCUT2D eigenvalue weighted by atomic mass is 16.6. The third-order valence-corrected chi connectivity index (χ3v) is 1.91. The van der Waals surface area contributed by atoms with Crippen molar-refractivity contribution < 1.29 is 9.66 Å². The third kappa shape index (κ3) is 3.22. The number of para-hydroxylation sites is 2. The van der Waals surface area contributed by atoms with Gasteiger partial charge in [0.2, 0.25) is 0 Å². The molecule has 1 aromatic carbocycles. The van der Waals surface area contributed by atoms with E-state index in [2.05, 4.69) is 0 Å². The normalized spacial score (nSPS) is 11.5. The molecule has 0 aliphatic carbocycles. The number of nitro benzene ring substituents is 1. The molecule has 1 unspecified atom stereocenters. The van der Waals surface area contributed by atoms with Crippen molar-refractivity contribution in [1.29, 1.82) is 5.26 Å². The number of ether oxygens (including phenoxy) is 1. The first kappa shape index (κ1) is 11.9. The van der Waals surface area contributed by atoms with Crippen molar-refractivity contribution in [3.8, 4) is 11.8 Å². The Bertz CT molecular complexity index is 414. The summed E-state index contributed by atoms with van der Waals surface area (Å²) in [7, 11) is 0. The van der Waals surface area contributed by atoms with Gasteiger partial charge in [0.25, 0.3) is 0 Å². The molecule has 2 N–H and O–H groups in total. The van der Waals surface area contributed by atoms with Crippen LogP contribution in [0.3, 0.4) is 0 Å². The van der Waals surface area contributed by atoms with Crippen LogP contribution in [-0.2, 0) is 0 Å². The van der Waals surface area contributed by atoms with E-state index < -0.39 is 11.0 Å². The number of rotatable bonds is 5. The van der Waals surface area contributed by atoms with Crippen molar-refractivity contribution in [3.63, 3.8) is 0 Å². The number of nitro groups is 1. The number of hydrogen-bond donors (Lipinski definition) is 1. The average Bonchev–Trinajstić information content (AvgIpc) is 2.29. The zero-order chi connectivity index (χ0) is 12.0. The first-order chi connectivity index (χ1) is 7.65. The van der Waals surface area contributed by atoms with Gasteiger partial charge in [-0.1, -0.05) is 12.1 Å². The summed E-state index contributed by atoms with van der Waals surface area (Å²) in [6.07, 6.45) is 0.336. The fourth-order valence-corrected chi connectivity index (χ4v) is 1.09. The lowest BCUT2D eigenvalue weighted by atomic mass is 10.2. The lowest BCUT2D eigenvalue weighted by Crippen LogP contribution is -2.20. The van der Waals surface area contributed by atoms with Gasteiger partial charge >= 0.3 is 5.69 Å². The molecule has 0 heterocycles. The monoisotopic (exact) mass is 221 g/mol. The summed E-state index contributed by atoms with van der Waals surface area (Å²) in [5.41, 5.74) is 5.27. The van der Waals surface area contributed by atoms with Gasteiger partial charge in [0.05, 0.1) is 23.6 Å². The van der Waals surface area contributed by atoms with E-state index in [4.69, 9.17) is 15.7 Å². The Kier molecular flexibility index (Phi) is 4.24. The molecule has 0 saturated heterocycles. The van der Waals surface area contributed by atoms with E-state index in [0.717, 1.165) is 0 Å². The maximum absolute atomic E-state index is 10.6. The highest BCUT2D eigenvalue weighted by Gasteiger charge is 2.13. The van der Waals surface area contributed by atoms with E-state index in [1.54, 1.807) is 12.1 Å². The van der Waals surface area contributed by atoms with E-state index >= 15 is 0 Å². The van der Waals surface area contributed by atoms with Crippen LogP contribution in [0.5, 0.6) is 5.75 Å². The predicted molar refractivity (Wildman–Crippen MR) is 56.8 cm³/mol. The Hall–Kier alpha value is -2.13. The van der Waals surface area contributed by atoms with Crippen molar-refractivity contribution in [2.45, 2.75) is 12.5 Å². The Balaban J connectivity index is 2.61. The van der Waals surface area contributed by atoms with E-state index in [0.29, 0.717) is 6.42 Å². The van der Waals surface area contributed by atoms with Crippen LogP contribution in [0.25, 0.3) is 0 Å². The Morgan fingerprint density at radius 3 is 2.88 bits per heavy atom. The van der Waals surface area contributed by atoms with Gasteiger partial charge in [-0.25, -0.2) is 0 Å². The van der Waals surface area contributed by atoms with Crippen molar-refractivity contribution >= 4 is 5.69 Å². The first-order valence-corrected chi connectivity index (χ1v) is 4.66. The number of nitrogens with zero attached hydrogens (tertiary/aromatic N) is 2. The van der Waals surface area contributed by atoms with Crippen LogP contribution in [0.1, 0.15) is 6.42 Å². The van der Waals surface area contributed by atoms with E-state index in [1.807, 2.05) is 6.07 Å². The molecule has 84 valence electrons. The predicted octanol–water partition coefficient (Wildman–Crippen LogP) is 1.21. The van der Waals surface area contributed by atoms with Crippen LogP contribution in [0.4, 0.5) is 5.69 Å². The first-order valence-electron chi connectivity index (χ1n) is 4.66. The van der Waals surface area contributed by atoms with Gasteiger partial charge < -0.3 is 10.5 Å². The Morgan fingerprint density at radius 1 is 1.56 bits per heavy atom. The summed E-state index contributed by atoms with van der Waals surface area (Å²) in [5.74, 6) is 0.192. The summed E-state index contributed by atoms with van der Waals surface area (Å²) in [6.45, 7) is 0.180. The molecule has 0 spiro atoms. The van der Waals surface area contributed by atoms with Gasteiger partial charge in [-0.2, -0.15) is 5.26 Å². The minimum absolute atomic E-state index is 0.0898.